The van der Waals surface area contributed by atoms with Gasteiger partial charge in [-0.05, 0) is 23.6 Å². The molecule has 0 saturated heterocycles. The molecule has 22 heavy (non-hydrogen) atoms. The molecule has 10 heteroatoms. The van der Waals surface area contributed by atoms with Crippen LogP contribution in [0.4, 0.5) is 13.2 Å². The van der Waals surface area contributed by atoms with E-state index in [9.17, 15) is 21.6 Å². The second-order valence-electron chi connectivity index (χ2n) is 4.03. The van der Waals surface area contributed by atoms with Gasteiger partial charge >= 0.3 is 15.6 Å². The fourth-order valence-electron chi connectivity index (χ4n) is 1.69. The van der Waals surface area contributed by atoms with Crippen molar-refractivity contribution in [2.75, 3.05) is 14.2 Å². The van der Waals surface area contributed by atoms with Gasteiger partial charge in [-0.1, -0.05) is 0 Å². The van der Waals surface area contributed by atoms with E-state index in [0.717, 1.165) is 6.20 Å². The number of benzene rings is 1. The van der Waals surface area contributed by atoms with Crippen LogP contribution in [0.5, 0.6) is 17.4 Å². The number of hydrogen-bond donors (Lipinski definition) is 0. The van der Waals surface area contributed by atoms with Crippen LogP contribution in [-0.4, -0.2) is 33.1 Å². The fraction of sp³-hybridized carbons (Fsp3) is 0.250. The third-order valence-electron chi connectivity index (χ3n) is 2.70. The normalized spacial score (nSPS) is 12.2. The minimum absolute atomic E-state index is 0.0352. The highest BCUT2D eigenvalue weighted by molar-refractivity contribution is 7.88. The Hall–Kier alpha value is -2.23. The average Bonchev–Trinajstić information content (AvgIpc) is 2.44. The molecule has 0 amide bonds. The van der Waals surface area contributed by atoms with E-state index in [1.54, 1.807) is 0 Å². The Labute approximate surface area is 123 Å². The molecule has 0 spiro atoms. The Bertz CT molecular complexity index is 804. The molecule has 0 bridgehead atoms. The highest BCUT2D eigenvalue weighted by Gasteiger charge is 2.49. The van der Waals surface area contributed by atoms with Crippen LogP contribution in [0.2, 0.25) is 0 Å². The summed E-state index contributed by atoms with van der Waals surface area (Å²) in [6.07, 6.45) is 1.12. The summed E-state index contributed by atoms with van der Waals surface area (Å²) in [5.41, 5.74) is -5.55. The Morgan fingerprint density at radius 3 is 2.23 bits per heavy atom. The Kier molecular flexibility index (Phi) is 4.05. The first-order valence-electron chi connectivity index (χ1n) is 5.71. The zero-order chi connectivity index (χ0) is 16.5. The molecular formula is C12H10F3NO5S. The predicted octanol–water partition coefficient (Wildman–Crippen LogP) is 2.48. The standard InChI is InChI=1S/C12H10F3NO5S/c1-19-9-5-7-3-4-16-11(8(7)6-10(9)20-2)21-22(17,18)12(13,14)15/h3-6H,1-2H3. The van der Waals surface area contributed by atoms with Gasteiger partial charge in [0.1, 0.15) is 0 Å². The molecule has 0 N–H and O–H groups in total. The molecule has 120 valence electrons. The zero-order valence-corrected chi connectivity index (χ0v) is 12.2. The third-order valence-corrected chi connectivity index (χ3v) is 3.65. The van der Waals surface area contributed by atoms with Crippen LogP contribution < -0.4 is 13.7 Å². The molecule has 0 unspecified atom stereocenters. The smallest absolute Gasteiger partial charge is 0.493 e. The molecule has 1 heterocycles. The monoisotopic (exact) mass is 337 g/mol. The third kappa shape index (κ3) is 2.86. The summed E-state index contributed by atoms with van der Waals surface area (Å²) in [5, 5.41) is 0.410. The minimum Gasteiger partial charge on any atom is -0.493 e. The van der Waals surface area contributed by atoms with Crippen molar-refractivity contribution in [1.29, 1.82) is 0 Å². The Morgan fingerprint density at radius 1 is 1.09 bits per heavy atom. The van der Waals surface area contributed by atoms with Gasteiger partial charge in [-0.2, -0.15) is 21.6 Å². The lowest BCUT2D eigenvalue weighted by atomic mass is 10.1. The SMILES string of the molecule is COc1cc2ccnc(OS(=O)(=O)C(F)(F)F)c2cc1OC. The molecule has 1 aromatic carbocycles. The summed E-state index contributed by atoms with van der Waals surface area (Å²) >= 11 is 0. The number of alkyl halides is 3. The van der Waals surface area contributed by atoms with Gasteiger partial charge in [0.25, 0.3) is 0 Å². The number of aromatic nitrogens is 1. The molecule has 0 fully saturated rings. The van der Waals surface area contributed by atoms with E-state index < -0.39 is 21.5 Å². The summed E-state index contributed by atoms with van der Waals surface area (Å²) < 4.78 is 73.6. The van der Waals surface area contributed by atoms with Crippen molar-refractivity contribution in [1.82, 2.24) is 4.98 Å². The van der Waals surface area contributed by atoms with E-state index in [4.69, 9.17) is 9.47 Å². The number of ether oxygens (including phenoxy) is 2. The van der Waals surface area contributed by atoms with Crippen LogP contribution in [0.25, 0.3) is 10.8 Å². The summed E-state index contributed by atoms with van der Waals surface area (Å²) in [6, 6.07) is 4.20. The number of hydrogen-bond acceptors (Lipinski definition) is 6. The molecule has 0 aliphatic rings. The van der Waals surface area contributed by atoms with E-state index in [-0.39, 0.29) is 11.1 Å². The lowest BCUT2D eigenvalue weighted by Crippen LogP contribution is -2.28. The summed E-state index contributed by atoms with van der Waals surface area (Å²) in [7, 11) is -3.10. The summed E-state index contributed by atoms with van der Waals surface area (Å²) in [6.45, 7) is 0. The summed E-state index contributed by atoms with van der Waals surface area (Å²) in [5.74, 6) is -0.182. The molecule has 2 aromatic rings. The van der Waals surface area contributed by atoms with Gasteiger partial charge in [-0.15, -0.1) is 0 Å². The van der Waals surface area contributed by atoms with Gasteiger partial charge < -0.3 is 13.7 Å². The number of halogens is 3. The van der Waals surface area contributed by atoms with Crippen LogP contribution in [0, 0.1) is 0 Å². The molecule has 0 radical (unpaired) electrons. The van der Waals surface area contributed by atoms with Gasteiger partial charge in [-0.25, -0.2) is 4.98 Å². The number of fused-ring (bicyclic) bond motifs is 1. The average molecular weight is 337 g/mol. The second kappa shape index (κ2) is 5.52. The highest BCUT2D eigenvalue weighted by atomic mass is 32.2. The van der Waals surface area contributed by atoms with Gasteiger partial charge in [0.15, 0.2) is 11.5 Å². The summed E-state index contributed by atoms with van der Waals surface area (Å²) in [4.78, 5) is 3.54. The van der Waals surface area contributed by atoms with Gasteiger partial charge in [0, 0.05) is 11.6 Å². The molecule has 0 aliphatic heterocycles. The number of methoxy groups -OCH3 is 2. The molecule has 1 aromatic heterocycles. The maximum atomic E-state index is 12.4. The van der Waals surface area contributed by atoms with E-state index in [1.807, 2.05) is 0 Å². The van der Waals surface area contributed by atoms with Crippen LogP contribution in [0.3, 0.4) is 0 Å². The Balaban J connectivity index is 2.61. The molecule has 0 saturated carbocycles. The Morgan fingerprint density at radius 2 is 1.68 bits per heavy atom. The van der Waals surface area contributed by atoms with Crippen molar-refractivity contribution in [3.05, 3.63) is 24.4 Å². The van der Waals surface area contributed by atoms with Crippen molar-refractivity contribution in [3.63, 3.8) is 0 Å². The molecule has 2 rings (SSSR count). The fourth-order valence-corrected chi connectivity index (χ4v) is 2.13. The van der Waals surface area contributed by atoms with Crippen molar-refractivity contribution < 1.29 is 35.2 Å². The van der Waals surface area contributed by atoms with Gasteiger partial charge in [-0.3, -0.25) is 0 Å². The van der Waals surface area contributed by atoms with Crippen LogP contribution in [0.15, 0.2) is 24.4 Å². The second-order valence-corrected chi connectivity index (χ2v) is 5.57. The lowest BCUT2D eigenvalue weighted by molar-refractivity contribution is -0.0500. The van der Waals surface area contributed by atoms with Crippen LogP contribution >= 0.6 is 0 Å². The van der Waals surface area contributed by atoms with E-state index >= 15 is 0 Å². The number of rotatable bonds is 4. The predicted molar refractivity (Wildman–Crippen MR) is 70.4 cm³/mol. The van der Waals surface area contributed by atoms with Crippen molar-refractivity contribution >= 4 is 20.9 Å². The number of nitrogens with zero attached hydrogens (tertiary/aromatic N) is 1. The largest absolute Gasteiger partial charge is 0.534 e. The molecule has 0 atom stereocenters. The lowest BCUT2D eigenvalue weighted by Gasteiger charge is -2.12. The first kappa shape index (κ1) is 16.1. The highest BCUT2D eigenvalue weighted by Crippen LogP contribution is 2.36. The minimum atomic E-state index is -5.81. The van der Waals surface area contributed by atoms with Gasteiger partial charge in [0.2, 0.25) is 5.88 Å². The topological polar surface area (TPSA) is 74.7 Å². The molecule has 6 nitrogen and oxygen atoms in total. The maximum Gasteiger partial charge on any atom is 0.534 e. The number of pyridine rings is 1. The van der Waals surface area contributed by atoms with Crippen molar-refractivity contribution in [2.24, 2.45) is 0 Å². The van der Waals surface area contributed by atoms with Crippen molar-refractivity contribution in [3.8, 4) is 17.4 Å². The first-order valence-corrected chi connectivity index (χ1v) is 7.12. The van der Waals surface area contributed by atoms with Crippen LogP contribution in [0.1, 0.15) is 0 Å². The quantitative estimate of drug-likeness (QED) is 0.630. The van der Waals surface area contributed by atoms with Crippen molar-refractivity contribution in [2.45, 2.75) is 5.51 Å². The molecular weight excluding hydrogens is 327 g/mol. The van der Waals surface area contributed by atoms with E-state index in [2.05, 4.69) is 9.17 Å². The molecule has 0 aliphatic carbocycles. The van der Waals surface area contributed by atoms with Gasteiger partial charge in [0.05, 0.1) is 14.2 Å². The first-order chi connectivity index (χ1) is 10.2. The maximum absolute atomic E-state index is 12.4. The zero-order valence-electron chi connectivity index (χ0n) is 11.3. The van der Waals surface area contributed by atoms with E-state index in [0.29, 0.717) is 11.1 Å². The van der Waals surface area contributed by atoms with Crippen LogP contribution in [-0.2, 0) is 10.1 Å². The van der Waals surface area contributed by atoms with E-state index in [1.165, 1.54) is 32.4 Å².